The van der Waals surface area contributed by atoms with Crippen LogP contribution in [0.2, 0.25) is 0 Å². The van der Waals surface area contributed by atoms with E-state index < -0.39 is 17.8 Å². The lowest BCUT2D eigenvalue weighted by Crippen LogP contribution is -2.17. The predicted molar refractivity (Wildman–Crippen MR) is 121 cm³/mol. The van der Waals surface area contributed by atoms with E-state index in [1.54, 1.807) is 32.0 Å². The van der Waals surface area contributed by atoms with Gasteiger partial charge in [-0.25, -0.2) is 9.59 Å². The summed E-state index contributed by atoms with van der Waals surface area (Å²) in [6.07, 6.45) is 1.88. The number of amides is 1. The molecule has 2 rings (SSSR count). The number of nitrogens with one attached hydrogen (secondary N) is 1. The lowest BCUT2D eigenvalue weighted by atomic mass is 10.1. The summed E-state index contributed by atoms with van der Waals surface area (Å²) in [5.41, 5.74) is -0.0196. The first-order valence-corrected chi connectivity index (χ1v) is 11.1. The normalized spacial score (nSPS) is 10.5. The molecule has 0 aliphatic carbocycles. The largest absolute Gasteiger partial charge is 0.490 e. The number of hydrogen-bond donors (Lipinski definition) is 1. The molecule has 1 aromatic carbocycles. The standard InChI is InChI=1S/C24H31NO8/c1-6-10-13-32-17-12-11-16(14-18(17)29-7-2)21(26)25-22-20(24(28)31-9-4)19(15(5)33-22)23(27)30-8-3/h11-12,14H,6-10,13H2,1-5H3,(H,25,26). The van der Waals surface area contributed by atoms with Crippen LogP contribution >= 0.6 is 0 Å². The van der Waals surface area contributed by atoms with Gasteiger partial charge in [0.1, 0.15) is 16.9 Å². The van der Waals surface area contributed by atoms with Crippen LogP contribution in [0.3, 0.4) is 0 Å². The molecule has 1 aromatic heterocycles. The number of hydrogen-bond acceptors (Lipinski definition) is 8. The molecular formula is C24H31NO8. The van der Waals surface area contributed by atoms with Gasteiger partial charge in [-0.1, -0.05) is 13.3 Å². The first-order valence-electron chi connectivity index (χ1n) is 11.1. The number of benzene rings is 1. The molecule has 0 unspecified atom stereocenters. The van der Waals surface area contributed by atoms with Gasteiger partial charge in [0.25, 0.3) is 5.91 Å². The van der Waals surface area contributed by atoms with Gasteiger partial charge in [0.2, 0.25) is 5.88 Å². The fourth-order valence-corrected chi connectivity index (χ4v) is 3.02. The van der Waals surface area contributed by atoms with Gasteiger partial charge in [0.15, 0.2) is 11.5 Å². The molecule has 0 fully saturated rings. The maximum Gasteiger partial charge on any atom is 0.344 e. The van der Waals surface area contributed by atoms with Crippen molar-refractivity contribution in [3.8, 4) is 11.5 Å². The third-order valence-electron chi connectivity index (χ3n) is 4.53. The molecule has 1 heterocycles. The Hall–Kier alpha value is -3.49. The van der Waals surface area contributed by atoms with E-state index in [1.807, 2.05) is 6.92 Å². The number of esters is 2. The molecule has 9 heteroatoms. The van der Waals surface area contributed by atoms with Crippen LogP contribution in [0.5, 0.6) is 11.5 Å². The van der Waals surface area contributed by atoms with Gasteiger partial charge >= 0.3 is 11.9 Å². The number of aryl methyl sites for hydroxylation is 1. The van der Waals surface area contributed by atoms with Crippen molar-refractivity contribution in [1.29, 1.82) is 0 Å². The summed E-state index contributed by atoms with van der Waals surface area (Å²) in [6, 6.07) is 4.77. The van der Waals surface area contributed by atoms with Crippen LogP contribution < -0.4 is 14.8 Å². The number of carbonyl (C=O) groups excluding carboxylic acids is 3. The molecule has 2 aromatic rings. The van der Waals surface area contributed by atoms with Crippen molar-refractivity contribution >= 4 is 23.7 Å². The monoisotopic (exact) mass is 461 g/mol. The summed E-state index contributed by atoms with van der Waals surface area (Å²) in [6.45, 7) is 9.79. The van der Waals surface area contributed by atoms with Crippen LogP contribution in [0.15, 0.2) is 22.6 Å². The number of furan rings is 1. The molecule has 0 radical (unpaired) electrons. The minimum atomic E-state index is -0.803. The van der Waals surface area contributed by atoms with Gasteiger partial charge in [-0.3, -0.25) is 10.1 Å². The smallest absolute Gasteiger partial charge is 0.344 e. The van der Waals surface area contributed by atoms with Gasteiger partial charge in [-0.05, 0) is 52.3 Å². The Morgan fingerprint density at radius 3 is 2.15 bits per heavy atom. The Labute approximate surface area is 193 Å². The lowest BCUT2D eigenvalue weighted by molar-refractivity contribution is 0.0480. The highest BCUT2D eigenvalue weighted by Crippen LogP contribution is 2.31. The second kappa shape index (κ2) is 12.5. The summed E-state index contributed by atoms with van der Waals surface area (Å²) in [7, 11) is 0. The zero-order valence-electron chi connectivity index (χ0n) is 19.7. The van der Waals surface area contributed by atoms with E-state index in [0.717, 1.165) is 12.8 Å². The average molecular weight is 462 g/mol. The highest BCUT2D eigenvalue weighted by atomic mass is 16.5. The van der Waals surface area contributed by atoms with Crippen molar-refractivity contribution < 1.29 is 37.7 Å². The minimum Gasteiger partial charge on any atom is -0.490 e. The quantitative estimate of drug-likeness (QED) is 0.355. The van der Waals surface area contributed by atoms with E-state index in [2.05, 4.69) is 12.2 Å². The molecule has 0 saturated heterocycles. The SMILES string of the molecule is CCCCOc1ccc(C(=O)Nc2oc(C)c(C(=O)OCC)c2C(=O)OCC)cc1OCC. The van der Waals surface area contributed by atoms with Crippen molar-refractivity contribution in [2.45, 2.75) is 47.5 Å². The van der Waals surface area contributed by atoms with E-state index in [9.17, 15) is 14.4 Å². The van der Waals surface area contributed by atoms with Crippen molar-refractivity contribution in [3.05, 3.63) is 40.6 Å². The predicted octanol–water partition coefficient (Wildman–Crippen LogP) is 4.77. The molecule has 0 bridgehead atoms. The molecule has 0 saturated carbocycles. The molecule has 1 N–H and O–H groups in total. The second-order valence-electron chi connectivity index (χ2n) is 6.93. The maximum absolute atomic E-state index is 13.0. The Morgan fingerprint density at radius 2 is 1.55 bits per heavy atom. The van der Waals surface area contributed by atoms with Gasteiger partial charge in [-0.15, -0.1) is 0 Å². The molecule has 0 spiro atoms. The average Bonchev–Trinajstić information content (AvgIpc) is 3.11. The fraction of sp³-hybridized carbons (Fsp3) is 0.458. The summed E-state index contributed by atoms with van der Waals surface area (Å²) < 4.78 is 27.0. The first-order chi connectivity index (χ1) is 15.9. The lowest BCUT2D eigenvalue weighted by Gasteiger charge is -2.13. The van der Waals surface area contributed by atoms with Crippen molar-refractivity contribution in [1.82, 2.24) is 0 Å². The molecule has 9 nitrogen and oxygen atoms in total. The van der Waals surface area contributed by atoms with E-state index in [-0.39, 0.29) is 41.5 Å². The van der Waals surface area contributed by atoms with E-state index in [4.69, 9.17) is 23.4 Å². The topological polar surface area (TPSA) is 113 Å². The Balaban J connectivity index is 2.37. The van der Waals surface area contributed by atoms with Crippen LogP contribution in [0.1, 0.15) is 77.4 Å². The maximum atomic E-state index is 13.0. The molecule has 0 aliphatic heterocycles. The Kier molecular flexibility index (Phi) is 9.78. The molecule has 180 valence electrons. The summed E-state index contributed by atoms with van der Waals surface area (Å²) in [5, 5.41) is 2.55. The fourth-order valence-electron chi connectivity index (χ4n) is 3.02. The van der Waals surface area contributed by atoms with Gasteiger partial charge in [0.05, 0.1) is 26.4 Å². The molecule has 33 heavy (non-hydrogen) atoms. The van der Waals surface area contributed by atoms with Crippen LogP contribution in [0.4, 0.5) is 5.88 Å². The zero-order valence-corrected chi connectivity index (χ0v) is 19.7. The van der Waals surface area contributed by atoms with Gasteiger partial charge in [-0.2, -0.15) is 0 Å². The molecule has 0 aliphatic rings. The molecular weight excluding hydrogens is 430 g/mol. The van der Waals surface area contributed by atoms with Gasteiger partial charge < -0.3 is 23.4 Å². The van der Waals surface area contributed by atoms with E-state index >= 15 is 0 Å². The Bertz CT molecular complexity index is 979. The highest BCUT2D eigenvalue weighted by molar-refractivity contribution is 6.11. The van der Waals surface area contributed by atoms with Crippen LogP contribution in [0.25, 0.3) is 0 Å². The van der Waals surface area contributed by atoms with Crippen LogP contribution in [-0.4, -0.2) is 44.3 Å². The number of unbranched alkanes of at least 4 members (excludes halogenated alkanes) is 1. The van der Waals surface area contributed by atoms with Gasteiger partial charge in [0, 0.05) is 5.56 Å². The third kappa shape index (κ3) is 6.50. The summed E-state index contributed by atoms with van der Waals surface area (Å²) in [4.78, 5) is 37.9. The molecule has 0 atom stereocenters. The minimum absolute atomic E-state index is 0.0793. The summed E-state index contributed by atoms with van der Waals surface area (Å²) in [5.74, 6) is -1.22. The zero-order chi connectivity index (χ0) is 24.4. The van der Waals surface area contributed by atoms with Crippen molar-refractivity contribution in [2.24, 2.45) is 0 Å². The van der Waals surface area contributed by atoms with Crippen LogP contribution in [0, 0.1) is 6.92 Å². The van der Waals surface area contributed by atoms with Crippen LogP contribution in [-0.2, 0) is 9.47 Å². The number of carbonyl (C=O) groups is 3. The van der Waals surface area contributed by atoms with E-state index in [1.165, 1.54) is 6.92 Å². The number of rotatable bonds is 12. The highest BCUT2D eigenvalue weighted by Gasteiger charge is 2.31. The van der Waals surface area contributed by atoms with E-state index in [0.29, 0.717) is 24.7 Å². The summed E-state index contributed by atoms with van der Waals surface area (Å²) >= 11 is 0. The molecule has 1 amide bonds. The second-order valence-corrected chi connectivity index (χ2v) is 6.93. The first kappa shape index (κ1) is 25.8. The Morgan fingerprint density at radius 1 is 0.879 bits per heavy atom. The number of anilines is 1. The third-order valence-corrected chi connectivity index (χ3v) is 4.53. The number of ether oxygens (including phenoxy) is 4. The van der Waals surface area contributed by atoms with Crippen molar-refractivity contribution in [2.75, 3.05) is 31.7 Å². The van der Waals surface area contributed by atoms with Crippen molar-refractivity contribution in [3.63, 3.8) is 0 Å².